The van der Waals surface area contributed by atoms with Gasteiger partial charge in [0.25, 0.3) is 11.8 Å². The van der Waals surface area contributed by atoms with Gasteiger partial charge in [0.15, 0.2) is 0 Å². The molecule has 2 aromatic heterocycles. The van der Waals surface area contributed by atoms with Crippen LogP contribution in [0.4, 0.5) is 5.69 Å². The number of fused-ring (bicyclic) bond motifs is 9. The zero-order valence-electron chi connectivity index (χ0n) is 26.0. The van der Waals surface area contributed by atoms with Crippen LogP contribution in [0.5, 0.6) is 0 Å². The summed E-state index contributed by atoms with van der Waals surface area (Å²) in [6, 6.07) is 50.2. The van der Waals surface area contributed by atoms with Gasteiger partial charge in [-0.25, -0.2) is 4.90 Å². The lowest BCUT2D eigenvalue weighted by Crippen LogP contribution is -2.30. The van der Waals surface area contributed by atoms with E-state index in [0.29, 0.717) is 16.8 Å². The Kier molecular flexibility index (Phi) is 5.55. The first-order chi connectivity index (χ1) is 24.1. The van der Waals surface area contributed by atoms with E-state index in [1.54, 1.807) is 30.3 Å². The lowest BCUT2D eigenvalue weighted by molar-refractivity contribution is 0.0926. The number of nitriles is 1. The van der Waals surface area contributed by atoms with Crippen molar-refractivity contribution in [1.82, 2.24) is 9.13 Å². The quantitative estimate of drug-likeness (QED) is 0.183. The van der Waals surface area contributed by atoms with Crippen molar-refractivity contribution >= 4 is 71.9 Å². The van der Waals surface area contributed by atoms with Crippen molar-refractivity contribution in [3.05, 3.63) is 162 Å². The second-order valence-corrected chi connectivity index (χ2v) is 12.4. The van der Waals surface area contributed by atoms with E-state index >= 15 is 0 Å². The van der Waals surface area contributed by atoms with Crippen molar-refractivity contribution in [2.24, 2.45) is 0 Å². The number of hydrogen-bond donors (Lipinski definition) is 0. The summed E-state index contributed by atoms with van der Waals surface area (Å²) in [5, 5.41) is 16.5. The molecule has 0 unspecified atom stereocenters. The van der Waals surface area contributed by atoms with Crippen molar-refractivity contribution in [3.8, 4) is 17.4 Å². The van der Waals surface area contributed by atoms with E-state index in [1.807, 2.05) is 24.3 Å². The number of imide groups is 1. The highest BCUT2D eigenvalue weighted by Crippen LogP contribution is 2.44. The number of nitrogens with zero attached hydrogens (tertiary/aromatic N) is 4. The molecule has 0 atom stereocenters. The van der Waals surface area contributed by atoms with Gasteiger partial charge in [-0.05, 0) is 71.4 Å². The van der Waals surface area contributed by atoms with E-state index in [-0.39, 0.29) is 11.3 Å². The smallest absolute Gasteiger partial charge is 0.268 e. The summed E-state index contributed by atoms with van der Waals surface area (Å²) in [5.74, 6) is -0.885. The van der Waals surface area contributed by atoms with Crippen LogP contribution in [0, 0.1) is 11.3 Å². The molecule has 3 heterocycles. The molecule has 6 nitrogen and oxygen atoms in total. The summed E-state index contributed by atoms with van der Waals surface area (Å²) in [5.41, 5.74) is 6.93. The van der Waals surface area contributed by atoms with Gasteiger partial charge in [-0.15, -0.1) is 0 Å². The number of hydrogen-bond acceptors (Lipinski definition) is 3. The minimum atomic E-state index is -0.446. The predicted octanol–water partition coefficient (Wildman–Crippen LogP) is 9.71. The first-order valence-corrected chi connectivity index (χ1v) is 16.1. The Morgan fingerprint density at radius 2 is 1.10 bits per heavy atom. The van der Waals surface area contributed by atoms with Gasteiger partial charge in [-0.2, -0.15) is 5.26 Å². The maximum atomic E-state index is 14.3. The Hall–Kier alpha value is -6.97. The van der Waals surface area contributed by atoms with Crippen LogP contribution < -0.4 is 4.90 Å². The fourth-order valence-electron chi connectivity index (χ4n) is 7.81. The number of benzene rings is 7. The van der Waals surface area contributed by atoms with Crippen LogP contribution in [-0.2, 0) is 0 Å². The van der Waals surface area contributed by atoms with E-state index in [0.717, 1.165) is 54.2 Å². The molecule has 2 amide bonds. The summed E-state index contributed by atoms with van der Waals surface area (Å²) in [7, 11) is 0. The zero-order valence-corrected chi connectivity index (χ0v) is 26.0. The molecule has 0 N–H and O–H groups in total. The molecular formula is C43H24N4O2. The van der Waals surface area contributed by atoms with Crippen LogP contribution in [0.15, 0.2) is 146 Å². The van der Waals surface area contributed by atoms with Gasteiger partial charge >= 0.3 is 0 Å². The van der Waals surface area contributed by atoms with Crippen LogP contribution in [0.1, 0.15) is 26.3 Å². The number of carbonyl (C=O) groups is 2. The first-order valence-electron chi connectivity index (χ1n) is 16.1. The number of para-hydroxylation sites is 3. The topological polar surface area (TPSA) is 71.0 Å². The molecule has 0 saturated heterocycles. The lowest BCUT2D eigenvalue weighted by Gasteiger charge is -2.16. The molecule has 0 bridgehead atoms. The summed E-state index contributed by atoms with van der Waals surface area (Å²) in [6.07, 6.45) is 0. The van der Waals surface area contributed by atoms with Gasteiger partial charge in [0.1, 0.15) is 6.07 Å². The largest absolute Gasteiger partial charge is 0.309 e. The minimum absolute atomic E-state index is 0.264. The molecule has 0 aliphatic carbocycles. The highest BCUT2D eigenvalue weighted by molar-refractivity contribution is 6.36. The molecule has 0 radical (unpaired) electrons. The van der Waals surface area contributed by atoms with Gasteiger partial charge in [-0.3, -0.25) is 9.59 Å². The molecule has 9 aromatic rings. The van der Waals surface area contributed by atoms with Gasteiger partial charge < -0.3 is 9.13 Å². The Morgan fingerprint density at radius 3 is 1.86 bits per heavy atom. The molecule has 10 rings (SSSR count). The standard InChI is InChI=1S/C43H24N4O2/c44-25-28-12-3-6-16-33(28)47-42(48)32-15-9-19-36(41(32)43(47)49)46-35-18-8-5-14-31(35)40-38(46)23-22-37-39(40)30-13-4-7-17-34(30)45(37)29-21-20-26-10-1-2-11-27(26)24-29/h1-24H. The summed E-state index contributed by atoms with van der Waals surface area (Å²) in [6.45, 7) is 0. The van der Waals surface area contributed by atoms with Crippen LogP contribution in [-0.4, -0.2) is 20.9 Å². The molecule has 1 aliphatic rings. The minimum Gasteiger partial charge on any atom is -0.309 e. The fourth-order valence-corrected chi connectivity index (χ4v) is 7.81. The molecular weight excluding hydrogens is 604 g/mol. The summed E-state index contributed by atoms with van der Waals surface area (Å²) < 4.78 is 4.44. The van der Waals surface area contributed by atoms with Gasteiger partial charge in [0, 0.05) is 27.2 Å². The average molecular weight is 629 g/mol. The Bertz CT molecular complexity index is 2960. The second-order valence-electron chi connectivity index (χ2n) is 12.4. The molecule has 0 fully saturated rings. The van der Waals surface area contributed by atoms with Crippen molar-refractivity contribution < 1.29 is 9.59 Å². The van der Waals surface area contributed by atoms with Crippen LogP contribution in [0.25, 0.3) is 65.8 Å². The zero-order chi connectivity index (χ0) is 32.8. The number of amides is 2. The first kappa shape index (κ1) is 27.2. The Labute approximate surface area is 279 Å². The molecule has 1 aliphatic heterocycles. The van der Waals surface area contributed by atoms with Crippen molar-refractivity contribution in [3.63, 3.8) is 0 Å². The van der Waals surface area contributed by atoms with E-state index < -0.39 is 11.8 Å². The van der Waals surface area contributed by atoms with Crippen molar-refractivity contribution in [2.75, 3.05) is 4.90 Å². The van der Waals surface area contributed by atoms with Gasteiger partial charge in [-0.1, -0.05) is 84.9 Å². The van der Waals surface area contributed by atoms with E-state index in [4.69, 9.17) is 0 Å². The maximum absolute atomic E-state index is 14.3. The number of anilines is 1. The third kappa shape index (κ3) is 3.64. The fraction of sp³-hybridized carbons (Fsp3) is 0. The Balaban J connectivity index is 1.28. The maximum Gasteiger partial charge on any atom is 0.268 e. The van der Waals surface area contributed by atoms with E-state index in [2.05, 4.69) is 106 Å². The third-order valence-corrected chi connectivity index (χ3v) is 9.86. The van der Waals surface area contributed by atoms with Gasteiger partial charge in [0.2, 0.25) is 0 Å². The number of carbonyl (C=O) groups excluding carboxylic acids is 2. The molecule has 228 valence electrons. The molecule has 0 spiro atoms. The van der Waals surface area contributed by atoms with Crippen LogP contribution >= 0.6 is 0 Å². The third-order valence-electron chi connectivity index (χ3n) is 9.86. The van der Waals surface area contributed by atoms with Crippen LogP contribution in [0.3, 0.4) is 0 Å². The molecule has 6 heteroatoms. The van der Waals surface area contributed by atoms with E-state index in [1.165, 1.54) is 10.8 Å². The Morgan fingerprint density at radius 1 is 0.490 bits per heavy atom. The molecule has 49 heavy (non-hydrogen) atoms. The SMILES string of the molecule is N#Cc1ccccc1N1C(=O)c2cccc(-n3c4ccccc4c4c5c6ccccc6n(-c6ccc7ccccc7c6)c5ccc43)c2C1=O. The molecule has 7 aromatic carbocycles. The molecule has 0 saturated carbocycles. The summed E-state index contributed by atoms with van der Waals surface area (Å²) >= 11 is 0. The lowest BCUT2D eigenvalue weighted by atomic mass is 10.1. The highest BCUT2D eigenvalue weighted by Gasteiger charge is 2.40. The summed E-state index contributed by atoms with van der Waals surface area (Å²) in [4.78, 5) is 29.3. The predicted molar refractivity (Wildman–Crippen MR) is 195 cm³/mol. The van der Waals surface area contributed by atoms with Gasteiger partial charge in [0.05, 0.1) is 50.1 Å². The number of aromatic nitrogens is 2. The van der Waals surface area contributed by atoms with E-state index in [9.17, 15) is 14.9 Å². The number of rotatable bonds is 3. The highest BCUT2D eigenvalue weighted by atomic mass is 16.2. The average Bonchev–Trinajstić information content (AvgIpc) is 3.76. The van der Waals surface area contributed by atoms with Crippen LogP contribution in [0.2, 0.25) is 0 Å². The second kappa shape index (κ2) is 10.0. The van der Waals surface area contributed by atoms with Crippen molar-refractivity contribution in [2.45, 2.75) is 0 Å². The normalized spacial score (nSPS) is 12.9. The van der Waals surface area contributed by atoms with Crippen molar-refractivity contribution in [1.29, 1.82) is 5.26 Å². The monoisotopic (exact) mass is 628 g/mol.